The molecule has 0 amide bonds. The van der Waals surface area contributed by atoms with E-state index in [-0.39, 0.29) is 35.4 Å². The van der Waals surface area contributed by atoms with Gasteiger partial charge in [-0.3, -0.25) is 0 Å². The topological polar surface area (TPSA) is 58.0 Å². The van der Waals surface area contributed by atoms with Gasteiger partial charge in [-0.05, 0) is 12.1 Å². The fraction of sp³-hybridized carbons (Fsp3) is 0.0909. The van der Waals surface area contributed by atoms with Gasteiger partial charge in [-0.2, -0.15) is 0 Å². The molecule has 6 heteroatoms. The number of carbonyl (C=O) groups excluding carboxylic acids is 1. The van der Waals surface area contributed by atoms with E-state index in [2.05, 4.69) is 20.9 Å². The van der Waals surface area contributed by atoms with Gasteiger partial charge in [0.2, 0.25) is 0 Å². The first-order valence-corrected chi connectivity index (χ1v) is 5.38. The number of aromatic carboxylic acids is 1. The summed E-state index contributed by atoms with van der Waals surface area (Å²) in [5.41, 5.74) is 1.49. The van der Waals surface area contributed by atoms with Crippen LogP contribution in [0.25, 0.3) is 11.3 Å². The van der Waals surface area contributed by atoms with Crippen LogP contribution in [0.2, 0.25) is 0 Å². The average molecular weight is 303 g/mol. The average Bonchev–Trinajstić information content (AvgIpc) is 2.61. The normalized spacial score (nSPS) is 9.76. The van der Waals surface area contributed by atoms with Crippen molar-refractivity contribution in [2.24, 2.45) is 7.05 Å². The van der Waals surface area contributed by atoms with Crippen LogP contribution in [-0.4, -0.2) is 15.5 Å². The van der Waals surface area contributed by atoms with Gasteiger partial charge in [0.15, 0.2) is 5.82 Å². The van der Waals surface area contributed by atoms with Crippen molar-refractivity contribution in [1.82, 2.24) is 9.55 Å². The Kier molecular flexibility index (Phi) is 4.94. The minimum atomic E-state index is -1.27. The molecule has 82 valence electrons. The number of nitrogens with zero attached hydrogens (tertiary/aromatic N) is 2. The molecule has 2 rings (SSSR count). The molecule has 17 heavy (non-hydrogen) atoms. The van der Waals surface area contributed by atoms with Crippen LogP contribution in [0.3, 0.4) is 0 Å². The largest absolute Gasteiger partial charge is 1.00 e. The van der Waals surface area contributed by atoms with Crippen molar-refractivity contribution in [1.29, 1.82) is 0 Å². The molecule has 4 nitrogen and oxygen atoms in total. The van der Waals surface area contributed by atoms with E-state index in [9.17, 15) is 9.90 Å². The Bertz CT molecular complexity index is 537. The van der Waals surface area contributed by atoms with Crippen LogP contribution >= 0.6 is 15.9 Å². The summed E-state index contributed by atoms with van der Waals surface area (Å²) in [7, 11) is 1.63. The van der Waals surface area contributed by atoms with Crippen LogP contribution < -0.4 is 34.7 Å². The molecular weight excluding hydrogens is 295 g/mol. The summed E-state index contributed by atoms with van der Waals surface area (Å²) < 4.78 is 2.40. The van der Waals surface area contributed by atoms with Gasteiger partial charge < -0.3 is 14.5 Å². The van der Waals surface area contributed by atoms with Gasteiger partial charge >= 0.3 is 29.6 Å². The van der Waals surface area contributed by atoms with Crippen molar-refractivity contribution >= 4 is 21.9 Å². The van der Waals surface area contributed by atoms with Crippen LogP contribution in [0.1, 0.15) is 10.6 Å². The van der Waals surface area contributed by atoms with Crippen LogP contribution in [0.15, 0.2) is 34.9 Å². The molecule has 1 heterocycles. The van der Waals surface area contributed by atoms with Crippen molar-refractivity contribution in [2.45, 2.75) is 0 Å². The number of aromatic nitrogens is 2. The quantitative estimate of drug-likeness (QED) is 0.616. The minimum Gasteiger partial charge on any atom is -0.542 e. The van der Waals surface area contributed by atoms with Crippen molar-refractivity contribution in [3.05, 3.63) is 40.8 Å². The molecule has 0 aliphatic carbocycles. The number of carboxylic acids is 1. The summed E-state index contributed by atoms with van der Waals surface area (Å²) in [4.78, 5) is 14.7. The number of carbonyl (C=O) groups is 1. The number of rotatable bonds is 2. The SMILES string of the molecule is Cn1cc(-c2ccc(Br)cc2)nc1C(=O)[O-].[Na+]. The molecular formula is C11H8BrN2NaO2. The van der Waals surface area contributed by atoms with Gasteiger partial charge in [0.05, 0.1) is 5.69 Å². The fourth-order valence-electron chi connectivity index (χ4n) is 1.42. The van der Waals surface area contributed by atoms with Crippen LogP contribution in [-0.2, 0) is 7.05 Å². The molecule has 0 saturated heterocycles. The Morgan fingerprint density at radius 1 is 1.35 bits per heavy atom. The summed E-state index contributed by atoms with van der Waals surface area (Å²) in [6.45, 7) is 0. The van der Waals surface area contributed by atoms with E-state index in [1.165, 1.54) is 4.57 Å². The second-order valence-corrected chi connectivity index (χ2v) is 4.27. The molecule has 1 aromatic heterocycles. The number of aryl methyl sites for hydroxylation is 1. The summed E-state index contributed by atoms with van der Waals surface area (Å²) in [5.74, 6) is -1.34. The van der Waals surface area contributed by atoms with Gasteiger partial charge in [0, 0.05) is 23.3 Å². The molecule has 0 fully saturated rings. The van der Waals surface area contributed by atoms with E-state index >= 15 is 0 Å². The summed E-state index contributed by atoms with van der Waals surface area (Å²) in [5, 5.41) is 10.7. The van der Waals surface area contributed by atoms with E-state index < -0.39 is 5.97 Å². The number of carboxylic acid groups (broad SMARTS) is 1. The first kappa shape index (κ1) is 14.4. The van der Waals surface area contributed by atoms with Crippen LogP contribution in [0, 0.1) is 0 Å². The third-order valence-corrected chi connectivity index (χ3v) is 2.73. The second-order valence-electron chi connectivity index (χ2n) is 3.36. The molecule has 0 aliphatic heterocycles. The maximum absolute atomic E-state index is 10.7. The first-order chi connectivity index (χ1) is 7.58. The van der Waals surface area contributed by atoms with Crippen molar-refractivity contribution in [2.75, 3.05) is 0 Å². The molecule has 0 saturated carbocycles. The third-order valence-electron chi connectivity index (χ3n) is 2.20. The van der Waals surface area contributed by atoms with E-state index in [0.29, 0.717) is 5.69 Å². The van der Waals surface area contributed by atoms with Gasteiger partial charge in [-0.15, -0.1) is 0 Å². The van der Waals surface area contributed by atoms with E-state index in [4.69, 9.17) is 0 Å². The molecule has 0 unspecified atom stereocenters. The number of benzene rings is 1. The molecule has 0 aliphatic rings. The van der Waals surface area contributed by atoms with E-state index in [1.54, 1.807) is 13.2 Å². The van der Waals surface area contributed by atoms with Crippen LogP contribution in [0.4, 0.5) is 0 Å². The Morgan fingerprint density at radius 3 is 2.41 bits per heavy atom. The van der Waals surface area contributed by atoms with Gasteiger partial charge in [-0.25, -0.2) is 4.98 Å². The maximum Gasteiger partial charge on any atom is 1.00 e. The fourth-order valence-corrected chi connectivity index (χ4v) is 1.68. The number of imidazole rings is 1. The minimum absolute atomic E-state index is 0. The first-order valence-electron chi connectivity index (χ1n) is 4.58. The summed E-state index contributed by atoms with van der Waals surface area (Å²) in [6.07, 6.45) is 1.66. The predicted molar refractivity (Wildman–Crippen MR) is 60.7 cm³/mol. The van der Waals surface area contributed by atoms with Gasteiger partial charge in [-0.1, -0.05) is 28.1 Å². The zero-order valence-electron chi connectivity index (χ0n) is 9.48. The molecule has 0 spiro atoms. The van der Waals surface area contributed by atoms with E-state index in [1.807, 2.05) is 24.3 Å². The molecule has 0 atom stereocenters. The number of hydrogen-bond acceptors (Lipinski definition) is 3. The molecule has 0 N–H and O–H groups in total. The summed E-state index contributed by atoms with van der Waals surface area (Å²) in [6, 6.07) is 7.49. The molecule has 1 aromatic carbocycles. The number of halogens is 1. The Hall–Kier alpha value is -0.620. The monoisotopic (exact) mass is 302 g/mol. The zero-order valence-corrected chi connectivity index (χ0v) is 13.1. The molecule has 0 bridgehead atoms. The number of hydrogen-bond donors (Lipinski definition) is 0. The maximum atomic E-state index is 10.7. The molecule has 0 radical (unpaired) electrons. The standard InChI is InChI=1S/C11H9BrN2O2.Na/c1-14-6-9(13-10(14)11(15)16)7-2-4-8(12)5-3-7;/h2-6H,1H3,(H,15,16);/q;+1/p-1. The van der Waals surface area contributed by atoms with Crippen molar-refractivity contribution in [3.63, 3.8) is 0 Å². The predicted octanol–water partition coefficient (Wildman–Crippen LogP) is -1.78. The second kappa shape index (κ2) is 5.82. The van der Waals surface area contributed by atoms with Crippen molar-refractivity contribution in [3.8, 4) is 11.3 Å². The van der Waals surface area contributed by atoms with E-state index in [0.717, 1.165) is 10.0 Å². The molecule has 2 aromatic rings. The van der Waals surface area contributed by atoms with Gasteiger partial charge in [0.25, 0.3) is 0 Å². The third kappa shape index (κ3) is 3.19. The van der Waals surface area contributed by atoms with Gasteiger partial charge in [0.1, 0.15) is 5.97 Å². The Morgan fingerprint density at radius 2 is 1.94 bits per heavy atom. The smallest absolute Gasteiger partial charge is 0.542 e. The Labute approximate surface area is 129 Å². The van der Waals surface area contributed by atoms with Crippen molar-refractivity contribution < 1.29 is 39.5 Å². The van der Waals surface area contributed by atoms with Crippen LogP contribution in [0.5, 0.6) is 0 Å². The zero-order chi connectivity index (χ0) is 11.7. The summed E-state index contributed by atoms with van der Waals surface area (Å²) >= 11 is 3.33. The Balaban J connectivity index is 0.00000144.